The maximum absolute atomic E-state index is 12.7. The van der Waals surface area contributed by atoms with Gasteiger partial charge in [-0.05, 0) is 30.3 Å². The summed E-state index contributed by atoms with van der Waals surface area (Å²) >= 11 is 0. The van der Waals surface area contributed by atoms with E-state index < -0.39 is 37.7 Å². The molecule has 0 heterocycles. The van der Waals surface area contributed by atoms with E-state index in [1.165, 1.54) is 29.0 Å². The number of rotatable bonds is 4. The highest BCUT2D eigenvalue weighted by atomic mass is 32.3. The van der Waals surface area contributed by atoms with Gasteiger partial charge < -0.3 is 5.32 Å². The van der Waals surface area contributed by atoms with E-state index in [1.54, 1.807) is 6.07 Å². The van der Waals surface area contributed by atoms with Gasteiger partial charge in [-0.15, -0.1) is 0 Å². The minimum Gasteiger partial charge on any atom is -0.307 e. The second kappa shape index (κ2) is 7.56. The molecule has 0 unspecified atom stereocenters. The molecule has 0 fully saturated rings. The van der Waals surface area contributed by atoms with Gasteiger partial charge in [-0.3, -0.25) is 0 Å². The number of anilines is 1. The fourth-order valence-electron chi connectivity index (χ4n) is 1.97. The summed E-state index contributed by atoms with van der Waals surface area (Å²) in [6.45, 7) is 0. The summed E-state index contributed by atoms with van der Waals surface area (Å²) < 4.78 is 79.0. The van der Waals surface area contributed by atoms with Crippen molar-refractivity contribution in [2.24, 2.45) is 3.77 Å². The number of hydrogen-bond donors (Lipinski definition) is 2. The van der Waals surface area contributed by atoms with Gasteiger partial charge in [0.15, 0.2) is 0 Å². The van der Waals surface area contributed by atoms with Gasteiger partial charge in [0.1, 0.15) is 0 Å². The lowest BCUT2D eigenvalue weighted by Gasteiger charge is -2.10. The highest BCUT2D eigenvalue weighted by Crippen LogP contribution is 2.30. The van der Waals surface area contributed by atoms with Crippen LogP contribution in [0.3, 0.4) is 0 Å². The molecule has 2 aromatic rings. The van der Waals surface area contributed by atoms with Crippen LogP contribution < -0.4 is 10.0 Å². The van der Waals surface area contributed by atoms with Crippen LogP contribution in [0, 0.1) is 0 Å². The summed E-state index contributed by atoms with van der Waals surface area (Å²) in [4.78, 5) is 11.9. The van der Waals surface area contributed by atoms with Crippen LogP contribution >= 0.6 is 0 Å². The Morgan fingerprint density at radius 1 is 1.00 bits per heavy atom. The van der Waals surface area contributed by atoms with Crippen LogP contribution in [0.5, 0.6) is 0 Å². The number of alkyl halides is 3. The van der Waals surface area contributed by atoms with Crippen molar-refractivity contribution in [3.8, 4) is 0 Å². The SMILES string of the molecule is C[S@](=O)(=NS(=O)(=O)NC(=O)Nc1cccc(C(F)(F)F)c1)c1ccccc1. The highest BCUT2D eigenvalue weighted by molar-refractivity contribution is 8.02. The average Bonchev–Trinajstić information content (AvgIpc) is 2.53. The summed E-state index contributed by atoms with van der Waals surface area (Å²) in [5, 5.41) is 1.95. The van der Waals surface area contributed by atoms with Crippen LogP contribution in [0.1, 0.15) is 5.56 Å². The van der Waals surface area contributed by atoms with Crippen LogP contribution in [0.15, 0.2) is 63.3 Å². The van der Waals surface area contributed by atoms with E-state index in [0.29, 0.717) is 6.07 Å². The third-order valence-electron chi connectivity index (χ3n) is 3.09. The average molecular weight is 421 g/mol. The zero-order chi connectivity index (χ0) is 20.3. The second-order valence-corrected chi connectivity index (χ2v) is 9.13. The molecule has 0 bridgehead atoms. The van der Waals surface area contributed by atoms with Crippen LogP contribution in [0.2, 0.25) is 0 Å². The molecule has 2 amide bonds. The maximum atomic E-state index is 12.7. The number of urea groups is 1. The van der Waals surface area contributed by atoms with Gasteiger partial charge in [0.2, 0.25) is 0 Å². The fourth-order valence-corrected chi connectivity index (χ4v) is 4.91. The smallest absolute Gasteiger partial charge is 0.307 e. The lowest BCUT2D eigenvalue weighted by Crippen LogP contribution is -2.33. The number of carbonyl (C=O) groups excluding carboxylic acids is 1. The van der Waals surface area contributed by atoms with E-state index in [0.717, 1.165) is 24.5 Å². The summed E-state index contributed by atoms with van der Waals surface area (Å²) in [6.07, 6.45) is -3.55. The number of nitrogens with one attached hydrogen (secondary N) is 2. The topological polar surface area (TPSA) is 105 Å². The molecular weight excluding hydrogens is 407 g/mol. The van der Waals surface area contributed by atoms with Gasteiger partial charge in [-0.2, -0.15) is 21.6 Å². The first-order valence-electron chi connectivity index (χ1n) is 7.18. The zero-order valence-corrected chi connectivity index (χ0v) is 15.4. The van der Waals surface area contributed by atoms with E-state index in [1.807, 2.05) is 5.32 Å². The van der Waals surface area contributed by atoms with Crippen LogP contribution in [0.25, 0.3) is 0 Å². The molecule has 146 valence electrons. The molecule has 0 aromatic heterocycles. The maximum Gasteiger partial charge on any atom is 0.416 e. The second-order valence-electron chi connectivity index (χ2n) is 5.30. The van der Waals surface area contributed by atoms with Crippen molar-refractivity contribution in [2.75, 3.05) is 11.6 Å². The molecule has 0 aliphatic heterocycles. The molecule has 0 aliphatic carbocycles. The Balaban J connectivity index is 2.18. The molecule has 2 rings (SSSR count). The van der Waals surface area contributed by atoms with Crippen LogP contribution in [-0.2, 0) is 26.1 Å². The number of halogens is 3. The van der Waals surface area contributed by atoms with Crippen LogP contribution in [0.4, 0.5) is 23.7 Å². The Kier molecular flexibility index (Phi) is 5.80. The largest absolute Gasteiger partial charge is 0.416 e. The molecular formula is C15H14F3N3O4S2. The zero-order valence-electron chi connectivity index (χ0n) is 13.7. The predicted molar refractivity (Wildman–Crippen MR) is 93.7 cm³/mol. The number of benzene rings is 2. The van der Waals surface area contributed by atoms with Crippen molar-refractivity contribution in [3.63, 3.8) is 0 Å². The van der Waals surface area contributed by atoms with Gasteiger partial charge in [0, 0.05) is 16.8 Å². The molecule has 1 atom stereocenters. The fraction of sp³-hybridized carbons (Fsp3) is 0.133. The first-order chi connectivity index (χ1) is 12.4. The Bertz CT molecular complexity index is 1060. The molecule has 0 radical (unpaired) electrons. The number of carbonyl (C=O) groups is 1. The van der Waals surface area contributed by atoms with Crippen molar-refractivity contribution >= 4 is 31.7 Å². The molecule has 0 saturated carbocycles. The monoisotopic (exact) mass is 421 g/mol. The number of amides is 2. The third kappa shape index (κ3) is 5.96. The van der Waals surface area contributed by atoms with Crippen molar-refractivity contribution in [1.29, 1.82) is 0 Å². The first-order valence-corrected chi connectivity index (χ1v) is 10.5. The lowest BCUT2D eigenvalue weighted by molar-refractivity contribution is -0.137. The van der Waals surface area contributed by atoms with Gasteiger partial charge in [0.25, 0.3) is 0 Å². The Hall–Kier alpha value is -2.60. The Morgan fingerprint density at radius 3 is 2.22 bits per heavy atom. The van der Waals surface area contributed by atoms with Gasteiger partial charge in [0.05, 0.1) is 15.3 Å². The van der Waals surface area contributed by atoms with E-state index in [-0.39, 0.29) is 10.6 Å². The Labute approximate surface area is 154 Å². The summed E-state index contributed by atoms with van der Waals surface area (Å²) in [5.74, 6) is 0. The molecule has 0 spiro atoms. The van der Waals surface area contributed by atoms with E-state index >= 15 is 0 Å². The summed E-state index contributed by atoms with van der Waals surface area (Å²) in [6, 6.07) is 9.79. The van der Waals surface area contributed by atoms with E-state index in [4.69, 9.17) is 0 Å². The summed E-state index contributed by atoms with van der Waals surface area (Å²) in [5.41, 5.74) is -1.30. The standard InChI is InChI=1S/C15H14F3N3O4S2/c1-26(23,13-8-3-2-4-9-13)21-27(24,25)20-14(22)19-12-7-5-6-11(10-12)15(16,17)18/h2-10H,1H3,(H2,19,20,22)/t26-/m1/s1. The van der Waals surface area contributed by atoms with Gasteiger partial charge >= 0.3 is 22.4 Å². The molecule has 12 heteroatoms. The van der Waals surface area contributed by atoms with E-state index in [2.05, 4.69) is 3.77 Å². The minimum atomic E-state index is -4.68. The predicted octanol–water partition coefficient (Wildman–Crippen LogP) is 3.23. The minimum absolute atomic E-state index is 0.133. The van der Waals surface area contributed by atoms with Crippen LogP contribution in [-0.4, -0.2) is 24.9 Å². The van der Waals surface area contributed by atoms with Gasteiger partial charge in [-0.1, -0.05) is 28.0 Å². The molecule has 7 nitrogen and oxygen atoms in total. The van der Waals surface area contributed by atoms with E-state index in [9.17, 15) is 30.6 Å². The highest BCUT2D eigenvalue weighted by Gasteiger charge is 2.30. The van der Waals surface area contributed by atoms with Crippen molar-refractivity contribution < 1.29 is 30.6 Å². The quantitative estimate of drug-likeness (QED) is 0.791. The normalized spacial score (nSPS) is 14.1. The molecule has 27 heavy (non-hydrogen) atoms. The molecule has 0 saturated heterocycles. The van der Waals surface area contributed by atoms with Crippen molar-refractivity contribution in [1.82, 2.24) is 4.72 Å². The lowest BCUT2D eigenvalue weighted by atomic mass is 10.2. The van der Waals surface area contributed by atoms with Crippen molar-refractivity contribution in [2.45, 2.75) is 11.1 Å². The molecule has 2 N–H and O–H groups in total. The first kappa shape index (κ1) is 20.7. The number of hydrogen-bond acceptors (Lipinski definition) is 4. The van der Waals surface area contributed by atoms with Gasteiger partial charge in [-0.25, -0.2) is 13.7 Å². The van der Waals surface area contributed by atoms with Crippen molar-refractivity contribution in [3.05, 3.63) is 60.2 Å². The molecule has 2 aromatic carbocycles. The number of nitrogens with zero attached hydrogens (tertiary/aromatic N) is 1. The third-order valence-corrected chi connectivity index (χ3v) is 6.60. The Morgan fingerprint density at radius 2 is 1.63 bits per heavy atom. The summed E-state index contributed by atoms with van der Waals surface area (Å²) in [7, 11) is -8.05. The molecule has 0 aliphatic rings.